The topological polar surface area (TPSA) is 58.6 Å². The summed E-state index contributed by atoms with van der Waals surface area (Å²) in [5.74, 6) is -0.904. The molecule has 0 saturated carbocycles. The first-order chi connectivity index (χ1) is 8.45. The van der Waals surface area contributed by atoms with Gasteiger partial charge in [-0.05, 0) is 41.1 Å². The first-order valence-electron chi connectivity index (χ1n) is 5.54. The van der Waals surface area contributed by atoms with Gasteiger partial charge in [0.15, 0.2) is 5.54 Å². The summed E-state index contributed by atoms with van der Waals surface area (Å²) in [5.41, 5.74) is -0.376. The fourth-order valence-corrected chi connectivity index (χ4v) is 2.57. The minimum absolute atomic E-state index is 0.385. The fraction of sp³-hybridized carbons (Fsp3) is 0.417. The van der Waals surface area contributed by atoms with Gasteiger partial charge in [-0.15, -0.1) is 0 Å². The van der Waals surface area contributed by atoms with Gasteiger partial charge in [-0.1, -0.05) is 11.6 Å². The molecule has 1 heterocycles. The molecule has 0 radical (unpaired) electrons. The molecule has 0 aliphatic carbocycles. The molecule has 0 bridgehead atoms. The Morgan fingerprint density at radius 3 is 2.89 bits per heavy atom. The van der Waals surface area contributed by atoms with E-state index < -0.39 is 11.5 Å². The lowest BCUT2D eigenvalue weighted by Gasteiger charge is -2.29. The van der Waals surface area contributed by atoms with Crippen molar-refractivity contribution in [3.05, 3.63) is 27.7 Å². The quantitative estimate of drug-likeness (QED) is 0.891. The highest BCUT2D eigenvalue weighted by Gasteiger charge is 2.48. The highest BCUT2D eigenvalue weighted by Crippen LogP contribution is 2.33. The molecule has 0 spiro atoms. The molecule has 4 nitrogen and oxygen atoms in total. The lowest BCUT2D eigenvalue weighted by atomic mass is 9.91. The molecule has 1 saturated heterocycles. The zero-order chi connectivity index (χ0) is 13.3. The van der Waals surface area contributed by atoms with Gasteiger partial charge >= 0.3 is 5.97 Å². The summed E-state index contributed by atoms with van der Waals surface area (Å²) in [7, 11) is 0. The van der Waals surface area contributed by atoms with E-state index in [4.69, 9.17) is 16.3 Å². The van der Waals surface area contributed by atoms with E-state index in [1.807, 2.05) is 0 Å². The van der Waals surface area contributed by atoms with Crippen molar-refractivity contribution in [1.82, 2.24) is 0 Å². The van der Waals surface area contributed by atoms with Gasteiger partial charge < -0.3 is 15.2 Å². The molecule has 2 rings (SSSR count). The van der Waals surface area contributed by atoms with Crippen molar-refractivity contribution in [3.8, 4) is 0 Å². The van der Waals surface area contributed by atoms with E-state index >= 15 is 0 Å². The van der Waals surface area contributed by atoms with Gasteiger partial charge in [0.05, 0.1) is 11.1 Å². The van der Waals surface area contributed by atoms with Crippen LogP contribution in [0.15, 0.2) is 22.7 Å². The molecule has 1 aromatic rings. The second kappa shape index (κ2) is 5.07. The number of aliphatic carboxylic acids is 1. The molecule has 2 unspecified atom stereocenters. The molecule has 0 aromatic heterocycles. The number of anilines is 1. The van der Waals surface area contributed by atoms with Crippen LogP contribution in [0.4, 0.5) is 5.69 Å². The van der Waals surface area contributed by atoms with Gasteiger partial charge in [0.25, 0.3) is 0 Å². The molecule has 2 N–H and O–H groups in total. The van der Waals surface area contributed by atoms with Gasteiger partial charge in [-0.2, -0.15) is 0 Å². The zero-order valence-electron chi connectivity index (χ0n) is 9.74. The van der Waals surface area contributed by atoms with Crippen LogP contribution in [-0.2, 0) is 9.53 Å². The number of carbonyl (C=O) groups is 1. The first kappa shape index (κ1) is 13.6. The summed E-state index contributed by atoms with van der Waals surface area (Å²) in [6, 6.07) is 5.23. The van der Waals surface area contributed by atoms with E-state index in [-0.39, 0.29) is 6.10 Å². The number of hydrogen-bond acceptors (Lipinski definition) is 3. The van der Waals surface area contributed by atoms with Crippen LogP contribution < -0.4 is 5.32 Å². The van der Waals surface area contributed by atoms with Gasteiger partial charge in [0, 0.05) is 23.2 Å². The molecular weight excluding hydrogens is 321 g/mol. The third-order valence-electron chi connectivity index (χ3n) is 3.23. The number of ether oxygens (including phenoxy) is 1. The van der Waals surface area contributed by atoms with Crippen molar-refractivity contribution in [1.29, 1.82) is 0 Å². The van der Waals surface area contributed by atoms with E-state index in [0.717, 1.165) is 4.47 Å². The summed E-state index contributed by atoms with van der Waals surface area (Å²) >= 11 is 9.22. The summed E-state index contributed by atoms with van der Waals surface area (Å²) in [5, 5.41) is 13.1. The number of carboxylic acids is 1. The number of nitrogens with one attached hydrogen (secondary N) is 1. The summed E-state index contributed by atoms with van der Waals surface area (Å²) < 4.78 is 6.10. The molecule has 2 atom stereocenters. The average Bonchev–Trinajstić information content (AvgIpc) is 2.67. The summed E-state index contributed by atoms with van der Waals surface area (Å²) in [4.78, 5) is 11.5. The monoisotopic (exact) mass is 333 g/mol. The second-order valence-electron chi connectivity index (χ2n) is 4.29. The molecule has 1 aromatic carbocycles. The minimum atomic E-state index is -1.08. The van der Waals surface area contributed by atoms with E-state index in [1.165, 1.54) is 0 Å². The van der Waals surface area contributed by atoms with Crippen molar-refractivity contribution in [2.45, 2.75) is 25.0 Å². The van der Waals surface area contributed by atoms with Crippen LogP contribution in [0.5, 0.6) is 0 Å². The van der Waals surface area contributed by atoms with Crippen molar-refractivity contribution in [3.63, 3.8) is 0 Å². The second-order valence-corrected chi connectivity index (χ2v) is 5.55. The predicted octanol–water partition coefficient (Wildman–Crippen LogP) is 3.15. The fourth-order valence-electron chi connectivity index (χ4n) is 2.07. The maximum atomic E-state index is 11.5. The minimum Gasteiger partial charge on any atom is -0.479 e. The standard InChI is InChI=1S/C12H13BrClNO3/c1-7-12(11(16)17,4-5-18-7)15-8-2-3-10(14)9(13)6-8/h2-3,6-7,15H,4-5H2,1H3,(H,16,17). The first-order valence-corrected chi connectivity index (χ1v) is 6.71. The lowest BCUT2D eigenvalue weighted by molar-refractivity contribution is -0.143. The van der Waals surface area contributed by atoms with E-state index in [9.17, 15) is 9.90 Å². The van der Waals surface area contributed by atoms with Crippen LogP contribution in [0.25, 0.3) is 0 Å². The van der Waals surface area contributed by atoms with E-state index in [0.29, 0.717) is 23.7 Å². The van der Waals surface area contributed by atoms with Crippen LogP contribution >= 0.6 is 27.5 Å². The maximum Gasteiger partial charge on any atom is 0.332 e. The van der Waals surface area contributed by atoms with Crippen LogP contribution in [-0.4, -0.2) is 29.3 Å². The Bertz CT molecular complexity index is 482. The molecule has 1 aliphatic rings. The van der Waals surface area contributed by atoms with Gasteiger partial charge in [0.1, 0.15) is 0 Å². The molecule has 18 heavy (non-hydrogen) atoms. The van der Waals surface area contributed by atoms with Crippen molar-refractivity contribution < 1.29 is 14.6 Å². The normalized spacial score (nSPS) is 27.2. The van der Waals surface area contributed by atoms with Crippen molar-refractivity contribution in [2.75, 3.05) is 11.9 Å². The SMILES string of the molecule is CC1OCCC1(Nc1ccc(Cl)c(Br)c1)C(=O)O. The van der Waals surface area contributed by atoms with Crippen LogP contribution in [0.1, 0.15) is 13.3 Å². The maximum absolute atomic E-state index is 11.5. The molecule has 0 amide bonds. The Morgan fingerprint density at radius 2 is 2.39 bits per heavy atom. The number of halogens is 2. The van der Waals surface area contributed by atoms with Gasteiger partial charge in [-0.3, -0.25) is 0 Å². The molecule has 1 aliphatic heterocycles. The van der Waals surface area contributed by atoms with Crippen molar-refractivity contribution in [2.24, 2.45) is 0 Å². The molecule has 1 fully saturated rings. The Labute approximate surface area is 118 Å². The van der Waals surface area contributed by atoms with Gasteiger partial charge in [0.2, 0.25) is 0 Å². The Balaban J connectivity index is 2.29. The third kappa shape index (κ3) is 2.35. The van der Waals surface area contributed by atoms with Gasteiger partial charge in [-0.25, -0.2) is 4.79 Å². The highest BCUT2D eigenvalue weighted by atomic mass is 79.9. The summed E-state index contributed by atoms with van der Waals surface area (Å²) in [6.45, 7) is 2.20. The number of benzene rings is 1. The Kier molecular flexibility index (Phi) is 3.84. The third-order valence-corrected chi connectivity index (χ3v) is 4.44. The molecule has 98 valence electrons. The average molecular weight is 335 g/mol. The van der Waals surface area contributed by atoms with Crippen LogP contribution in [0.3, 0.4) is 0 Å². The van der Waals surface area contributed by atoms with E-state index in [2.05, 4.69) is 21.2 Å². The zero-order valence-corrected chi connectivity index (χ0v) is 12.1. The van der Waals surface area contributed by atoms with Crippen LogP contribution in [0, 0.1) is 0 Å². The Hall–Kier alpha value is -0.780. The number of rotatable bonds is 3. The number of carboxylic acid groups (broad SMARTS) is 1. The smallest absolute Gasteiger partial charge is 0.332 e. The summed E-state index contributed by atoms with van der Waals surface area (Å²) in [6.07, 6.45) is 0.0495. The molecule has 6 heteroatoms. The number of hydrogen-bond donors (Lipinski definition) is 2. The van der Waals surface area contributed by atoms with Crippen LogP contribution in [0.2, 0.25) is 5.02 Å². The largest absolute Gasteiger partial charge is 0.479 e. The highest BCUT2D eigenvalue weighted by molar-refractivity contribution is 9.10. The molecular formula is C12H13BrClNO3. The Morgan fingerprint density at radius 1 is 1.67 bits per heavy atom. The predicted molar refractivity (Wildman–Crippen MR) is 73.2 cm³/mol. The van der Waals surface area contributed by atoms with E-state index in [1.54, 1.807) is 25.1 Å². The van der Waals surface area contributed by atoms with Crippen molar-refractivity contribution >= 4 is 39.2 Å². The lowest BCUT2D eigenvalue weighted by Crippen LogP contribution is -2.51.